The molecule has 1 unspecified atom stereocenters. The van der Waals surface area contributed by atoms with Crippen LogP contribution in [-0.4, -0.2) is 54.5 Å². The lowest BCUT2D eigenvalue weighted by molar-refractivity contribution is -0.119. The molecular weight excluding hydrogens is 305 g/mol. The van der Waals surface area contributed by atoms with Crippen molar-refractivity contribution in [3.8, 4) is 0 Å². The van der Waals surface area contributed by atoms with Crippen molar-refractivity contribution in [1.82, 2.24) is 9.80 Å². The van der Waals surface area contributed by atoms with Gasteiger partial charge in [-0.1, -0.05) is 45.9 Å². The Labute approximate surface area is 147 Å². The fraction of sp³-hybridized carbons (Fsp3) is 0.632. The van der Waals surface area contributed by atoms with Gasteiger partial charge in [0.1, 0.15) is 5.83 Å². The normalized spacial score (nSPS) is 17.8. The van der Waals surface area contributed by atoms with Crippen LogP contribution in [-0.2, 0) is 4.79 Å². The van der Waals surface area contributed by atoms with E-state index in [1.165, 1.54) is 12.2 Å². The minimum atomic E-state index is -0.292. The van der Waals surface area contributed by atoms with Crippen LogP contribution in [0, 0.1) is 0 Å². The Bertz CT molecular complexity index is 411. The molecule has 0 aromatic carbocycles. The van der Waals surface area contributed by atoms with E-state index < -0.39 is 0 Å². The third-order valence-corrected chi connectivity index (χ3v) is 3.64. The highest BCUT2D eigenvalue weighted by Crippen LogP contribution is 2.15. The molecule has 4 nitrogen and oxygen atoms in total. The van der Waals surface area contributed by atoms with Gasteiger partial charge in [-0.25, -0.2) is 4.39 Å². The number of carbonyl (C=O) groups is 1. The summed E-state index contributed by atoms with van der Waals surface area (Å²) in [4.78, 5) is 15.2. The lowest BCUT2D eigenvalue weighted by Gasteiger charge is -2.38. The number of amides is 1. The zero-order chi connectivity index (χ0) is 19.1. The highest BCUT2D eigenvalue weighted by atomic mass is 19.1. The first-order chi connectivity index (χ1) is 11.4. The molecule has 1 rings (SSSR count). The van der Waals surface area contributed by atoms with Crippen LogP contribution >= 0.6 is 0 Å². The van der Waals surface area contributed by atoms with E-state index in [4.69, 9.17) is 5.73 Å². The van der Waals surface area contributed by atoms with Crippen molar-refractivity contribution in [2.75, 3.05) is 32.7 Å². The second-order valence-corrected chi connectivity index (χ2v) is 5.13. The van der Waals surface area contributed by atoms with Crippen LogP contribution in [0.15, 0.2) is 36.2 Å². The SMILES string of the molecule is C=C/C=C(F)\C=C(\C)C(C)N1CCN(CC(N)=O)CC1.CC.CC. The first-order valence-electron chi connectivity index (χ1n) is 8.85. The van der Waals surface area contributed by atoms with Crippen LogP contribution in [0.2, 0.25) is 0 Å². The summed E-state index contributed by atoms with van der Waals surface area (Å²) in [7, 11) is 0. The Hall–Kier alpha value is -1.46. The van der Waals surface area contributed by atoms with E-state index in [-0.39, 0.29) is 17.8 Å². The summed E-state index contributed by atoms with van der Waals surface area (Å²) in [6.45, 7) is 19.1. The molecule has 0 aromatic heterocycles. The van der Waals surface area contributed by atoms with Gasteiger partial charge in [0.25, 0.3) is 0 Å². The lowest BCUT2D eigenvalue weighted by atomic mass is 10.1. The lowest BCUT2D eigenvalue weighted by Crippen LogP contribution is -2.51. The van der Waals surface area contributed by atoms with Crippen LogP contribution in [0.3, 0.4) is 0 Å². The Balaban J connectivity index is 0. The molecule has 0 bridgehead atoms. The smallest absolute Gasteiger partial charge is 0.231 e. The van der Waals surface area contributed by atoms with Crippen molar-refractivity contribution in [1.29, 1.82) is 0 Å². The van der Waals surface area contributed by atoms with E-state index in [1.54, 1.807) is 6.08 Å². The maximum absolute atomic E-state index is 13.4. The molecule has 0 aromatic rings. The number of carbonyl (C=O) groups excluding carboxylic acids is 1. The number of nitrogens with zero attached hydrogens (tertiary/aromatic N) is 2. The van der Waals surface area contributed by atoms with Gasteiger partial charge in [-0.15, -0.1) is 0 Å². The second kappa shape index (κ2) is 15.1. The van der Waals surface area contributed by atoms with E-state index in [0.29, 0.717) is 6.54 Å². The Morgan fingerprint density at radius 1 is 1.21 bits per heavy atom. The summed E-state index contributed by atoms with van der Waals surface area (Å²) in [6, 6.07) is 0.176. The fourth-order valence-electron chi connectivity index (χ4n) is 2.32. The van der Waals surface area contributed by atoms with Crippen molar-refractivity contribution in [3.05, 3.63) is 36.2 Å². The highest BCUT2D eigenvalue weighted by Gasteiger charge is 2.22. The molecule has 5 heteroatoms. The number of hydrogen-bond donors (Lipinski definition) is 1. The molecule has 0 spiro atoms. The summed E-state index contributed by atoms with van der Waals surface area (Å²) in [5.74, 6) is -0.573. The first kappa shape index (κ1) is 24.8. The van der Waals surface area contributed by atoms with Crippen LogP contribution in [0.25, 0.3) is 0 Å². The maximum atomic E-state index is 13.4. The monoisotopic (exact) mass is 341 g/mol. The standard InChI is InChI=1S/C15H24FN3O.2C2H6/c1-4-5-14(16)10-12(2)13(3)19-8-6-18(7-9-19)11-15(17)20;2*1-2/h4-5,10,13H,1,6-9,11H2,2-3H3,(H2,17,20);2*1-2H3/b12-10-,14-5+;;. The van der Waals surface area contributed by atoms with Crippen molar-refractivity contribution >= 4 is 5.91 Å². The largest absolute Gasteiger partial charge is 0.369 e. The zero-order valence-electron chi connectivity index (χ0n) is 16.3. The van der Waals surface area contributed by atoms with Crippen LogP contribution < -0.4 is 5.73 Å². The molecule has 1 aliphatic heterocycles. The van der Waals surface area contributed by atoms with E-state index >= 15 is 0 Å². The first-order valence-corrected chi connectivity index (χ1v) is 8.85. The van der Waals surface area contributed by atoms with Gasteiger partial charge < -0.3 is 5.73 Å². The Kier molecular flexibility index (Phi) is 15.6. The predicted octanol–water partition coefficient (Wildman–Crippen LogP) is 3.52. The quantitative estimate of drug-likeness (QED) is 0.752. The van der Waals surface area contributed by atoms with E-state index in [0.717, 1.165) is 31.8 Å². The summed E-state index contributed by atoms with van der Waals surface area (Å²) in [5, 5.41) is 0. The third kappa shape index (κ3) is 10.3. The average molecular weight is 342 g/mol. The van der Waals surface area contributed by atoms with Crippen LogP contribution in [0.4, 0.5) is 4.39 Å². The van der Waals surface area contributed by atoms with Crippen molar-refractivity contribution in [2.45, 2.75) is 47.6 Å². The van der Waals surface area contributed by atoms with Gasteiger partial charge in [0, 0.05) is 32.2 Å². The Morgan fingerprint density at radius 3 is 2.12 bits per heavy atom. The van der Waals surface area contributed by atoms with Gasteiger partial charge >= 0.3 is 0 Å². The molecular formula is C19H36FN3O. The number of piperazine rings is 1. The molecule has 24 heavy (non-hydrogen) atoms. The van der Waals surface area contributed by atoms with Gasteiger partial charge in [0.2, 0.25) is 5.91 Å². The molecule has 1 amide bonds. The minimum absolute atomic E-state index is 0.176. The number of nitrogens with two attached hydrogens (primary N) is 1. The second-order valence-electron chi connectivity index (χ2n) is 5.13. The zero-order valence-corrected chi connectivity index (χ0v) is 16.3. The molecule has 0 aliphatic carbocycles. The molecule has 140 valence electrons. The number of allylic oxidation sites excluding steroid dienone is 4. The molecule has 0 saturated carbocycles. The number of halogens is 1. The third-order valence-electron chi connectivity index (χ3n) is 3.64. The molecule has 0 radical (unpaired) electrons. The Morgan fingerprint density at radius 2 is 1.71 bits per heavy atom. The predicted molar refractivity (Wildman–Crippen MR) is 103 cm³/mol. The summed E-state index contributed by atoms with van der Waals surface area (Å²) in [6.07, 6.45) is 4.33. The average Bonchev–Trinajstić information content (AvgIpc) is 2.58. The van der Waals surface area contributed by atoms with E-state index in [1.807, 2.05) is 39.5 Å². The summed E-state index contributed by atoms with van der Waals surface area (Å²) >= 11 is 0. The van der Waals surface area contributed by atoms with Gasteiger partial charge in [0.15, 0.2) is 0 Å². The van der Waals surface area contributed by atoms with Crippen molar-refractivity contribution in [3.63, 3.8) is 0 Å². The van der Waals surface area contributed by atoms with Gasteiger partial charge in [-0.3, -0.25) is 14.6 Å². The molecule has 1 saturated heterocycles. The number of rotatable bonds is 6. The van der Waals surface area contributed by atoms with Crippen LogP contribution in [0.5, 0.6) is 0 Å². The van der Waals surface area contributed by atoms with Gasteiger partial charge in [-0.05, 0) is 26.0 Å². The molecule has 1 heterocycles. The minimum Gasteiger partial charge on any atom is -0.369 e. The summed E-state index contributed by atoms with van der Waals surface area (Å²) < 4.78 is 13.4. The molecule has 1 atom stereocenters. The number of hydrogen-bond acceptors (Lipinski definition) is 3. The molecule has 2 N–H and O–H groups in total. The van der Waals surface area contributed by atoms with Crippen LogP contribution in [0.1, 0.15) is 41.5 Å². The molecule has 1 aliphatic rings. The van der Waals surface area contributed by atoms with Crippen molar-refractivity contribution in [2.24, 2.45) is 5.73 Å². The number of primary amides is 1. The summed E-state index contributed by atoms with van der Waals surface area (Å²) in [5.41, 5.74) is 6.17. The highest BCUT2D eigenvalue weighted by molar-refractivity contribution is 5.75. The van der Waals surface area contributed by atoms with E-state index in [9.17, 15) is 9.18 Å². The maximum Gasteiger partial charge on any atom is 0.231 e. The van der Waals surface area contributed by atoms with Gasteiger partial charge in [-0.2, -0.15) is 0 Å². The van der Waals surface area contributed by atoms with Crippen molar-refractivity contribution < 1.29 is 9.18 Å². The molecule has 1 fully saturated rings. The fourth-order valence-corrected chi connectivity index (χ4v) is 2.32. The van der Waals surface area contributed by atoms with E-state index in [2.05, 4.69) is 18.4 Å². The van der Waals surface area contributed by atoms with Gasteiger partial charge in [0.05, 0.1) is 6.54 Å². The topological polar surface area (TPSA) is 49.6 Å².